The van der Waals surface area contributed by atoms with Crippen molar-refractivity contribution in [3.05, 3.63) is 65.2 Å². The first kappa shape index (κ1) is 17.9. The number of hydrogen-bond donors (Lipinski definition) is 2. The first-order valence-electron chi connectivity index (χ1n) is 8.38. The van der Waals surface area contributed by atoms with Gasteiger partial charge in [-0.05, 0) is 29.7 Å². The first-order chi connectivity index (χ1) is 12.5. The molecule has 1 atom stereocenters. The number of carboxylic acids is 2. The molecule has 0 unspecified atom stereocenters. The molecular weight excluding hydrogens is 334 g/mol. The second-order valence-electron chi connectivity index (χ2n) is 6.55. The van der Waals surface area contributed by atoms with Crippen molar-refractivity contribution in [1.29, 1.82) is 0 Å². The molecule has 0 saturated carbocycles. The number of benzene rings is 2. The summed E-state index contributed by atoms with van der Waals surface area (Å²) in [5.41, 5.74) is 0.800. The van der Waals surface area contributed by atoms with E-state index in [0.29, 0.717) is 31.8 Å². The SMILES string of the molecule is COc1ccc(CN2CC[C@@](C(=O)O)(c3ccccc3)C2)cc1C(=O)O. The molecule has 136 valence electrons. The number of ether oxygens (including phenoxy) is 1. The van der Waals surface area contributed by atoms with E-state index < -0.39 is 17.4 Å². The molecule has 1 fully saturated rings. The highest BCUT2D eigenvalue weighted by atomic mass is 16.5. The number of aliphatic carboxylic acids is 1. The van der Waals surface area contributed by atoms with Crippen LogP contribution in [-0.2, 0) is 16.8 Å². The Kier molecular flexibility index (Phi) is 4.95. The van der Waals surface area contributed by atoms with E-state index in [1.165, 1.54) is 7.11 Å². The minimum Gasteiger partial charge on any atom is -0.496 e. The average molecular weight is 355 g/mol. The van der Waals surface area contributed by atoms with Crippen molar-refractivity contribution < 1.29 is 24.5 Å². The monoisotopic (exact) mass is 355 g/mol. The number of aromatic carboxylic acids is 1. The van der Waals surface area contributed by atoms with E-state index in [0.717, 1.165) is 11.1 Å². The molecule has 0 aliphatic carbocycles. The van der Waals surface area contributed by atoms with Crippen molar-refractivity contribution in [3.63, 3.8) is 0 Å². The lowest BCUT2D eigenvalue weighted by Gasteiger charge is -2.25. The summed E-state index contributed by atoms with van der Waals surface area (Å²) < 4.78 is 5.08. The fraction of sp³-hybridized carbons (Fsp3) is 0.300. The lowest BCUT2D eigenvalue weighted by Crippen LogP contribution is -2.38. The van der Waals surface area contributed by atoms with Gasteiger partial charge in [0, 0.05) is 19.6 Å². The molecule has 3 rings (SSSR count). The molecule has 1 heterocycles. The van der Waals surface area contributed by atoms with Gasteiger partial charge in [-0.25, -0.2) is 4.79 Å². The molecular formula is C20H21NO5. The van der Waals surface area contributed by atoms with Crippen LogP contribution in [0.25, 0.3) is 0 Å². The normalized spacial score (nSPS) is 20.0. The Morgan fingerprint density at radius 3 is 2.50 bits per heavy atom. The number of nitrogens with zero attached hydrogens (tertiary/aromatic N) is 1. The van der Waals surface area contributed by atoms with Crippen molar-refractivity contribution >= 4 is 11.9 Å². The van der Waals surface area contributed by atoms with Gasteiger partial charge in [-0.1, -0.05) is 36.4 Å². The third kappa shape index (κ3) is 3.28. The number of rotatable bonds is 6. The number of carboxylic acid groups (broad SMARTS) is 2. The summed E-state index contributed by atoms with van der Waals surface area (Å²) in [6, 6.07) is 14.3. The van der Waals surface area contributed by atoms with E-state index >= 15 is 0 Å². The summed E-state index contributed by atoms with van der Waals surface area (Å²) in [6.07, 6.45) is 0.522. The van der Waals surface area contributed by atoms with Crippen LogP contribution in [-0.4, -0.2) is 47.3 Å². The molecule has 0 spiro atoms. The molecule has 26 heavy (non-hydrogen) atoms. The molecule has 1 aliphatic heterocycles. The largest absolute Gasteiger partial charge is 0.496 e. The van der Waals surface area contributed by atoms with Crippen LogP contribution in [0.1, 0.15) is 27.9 Å². The van der Waals surface area contributed by atoms with Crippen LogP contribution in [0.3, 0.4) is 0 Å². The quantitative estimate of drug-likeness (QED) is 0.828. The fourth-order valence-corrected chi connectivity index (χ4v) is 3.59. The zero-order valence-corrected chi connectivity index (χ0v) is 14.5. The molecule has 2 N–H and O–H groups in total. The smallest absolute Gasteiger partial charge is 0.339 e. The van der Waals surface area contributed by atoms with Crippen LogP contribution in [0, 0.1) is 0 Å². The second kappa shape index (κ2) is 7.17. The molecule has 6 heteroatoms. The maximum atomic E-state index is 12.0. The third-order valence-electron chi connectivity index (χ3n) is 4.98. The Morgan fingerprint density at radius 1 is 1.15 bits per heavy atom. The van der Waals surface area contributed by atoms with E-state index in [9.17, 15) is 19.8 Å². The number of methoxy groups -OCH3 is 1. The molecule has 1 saturated heterocycles. The first-order valence-corrected chi connectivity index (χ1v) is 8.38. The topological polar surface area (TPSA) is 87.1 Å². The van der Waals surface area contributed by atoms with Crippen LogP contribution in [0.5, 0.6) is 5.75 Å². The summed E-state index contributed by atoms with van der Waals surface area (Å²) in [7, 11) is 1.43. The molecule has 2 aromatic rings. The van der Waals surface area contributed by atoms with Crippen molar-refractivity contribution in [3.8, 4) is 5.75 Å². The van der Waals surface area contributed by atoms with E-state index in [4.69, 9.17) is 4.74 Å². The van der Waals surface area contributed by atoms with E-state index in [1.807, 2.05) is 36.4 Å². The Balaban J connectivity index is 1.82. The van der Waals surface area contributed by atoms with Gasteiger partial charge in [-0.15, -0.1) is 0 Å². The Morgan fingerprint density at radius 2 is 1.88 bits per heavy atom. The fourth-order valence-electron chi connectivity index (χ4n) is 3.59. The number of carbonyl (C=O) groups is 2. The minimum absolute atomic E-state index is 0.108. The predicted molar refractivity (Wildman–Crippen MR) is 95.6 cm³/mol. The van der Waals surface area contributed by atoms with Crippen molar-refractivity contribution in [2.24, 2.45) is 0 Å². The Bertz CT molecular complexity index is 820. The van der Waals surface area contributed by atoms with Gasteiger partial charge in [0.05, 0.1) is 7.11 Å². The van der Waals surface area contributed by atoms with Gasteiger partial charge < -0.3 is 14.9 Å². The highest BCUT2D eigenvalue weighted by Crippen LogP contribution is 2.36. The van der Waals surface area contributed by atoms with Crippen LogP contribution in [0.15, 0.2) is 48.5 Å². The van der Waals surface area contributed by atoms with Crippen LogP contribution in [0.2, 0.25) is 0 Å². The minimum atomic E-state index is -1.05. The highest BCUT2D eigenvalue weighted by molar-refractivity contribution is 5.91. The van der Waals surface area contributed by atoms with Gasteiger partial charge in [-0.3, -0.25) is 9.69 Å². The summed E-state index contributed by atoms with van der Waals surface area (Å²) in [6.45, 7) is 1.52. The standard InChI is InChI=1S/C20H21NO5/c1-26-17-8-7-14(11-16(17)18(22)23)12-21-10-9-20(13-21,19(24)25)15-5-3-2-4-6-15/h2-8,11H,9-10,12-13H2,1H3,(H,22,23)(H,24,25)/t20-/m0/s1. The van der Waals surface area contributed by atoms with E-state index in [2.05, 4.69) is 4.90 Å². The van der Waals surface area contributed by atoms with Crippen molar-refractivity contribution in [2.45, 2.75) is 18.4 Å². The predicted octanol–water partition coefficient (Wildman–Crippen LogP) is 2.62. The molecule has 0 amide bonds. The highest BCUT2D eigenvalue weighted by Gasteiger charge is 2.46. The summed E-state index contributed by atoms with van der Waals surface area (Å²) in [5.74, 6) is -1.56. The molecule has 6 nitrogen and oxygen atoms in total. The van der Waals surface area contributed by atoms with Gasteiger partial charge in [0.25, 0.3) is 0 Å². The maximum Gasteiger partial charge on any atom is 0.339 e. The Labute approximate surface area is 151 Å². The van der Waals surface area contributed by atoms with Crippen LogP contribution >= 0.6 is 0 Å². The lowest BCUT2D eigenvalue weighted by molar-refractivity contribution is -0.143. The maximum absolute atomic E-state index is 12.0. The van der Waals surface area contributed by atoms with Gasteiger partial charge in [0.2, 0.25) is 0 Å². The van der Waals surface area contributed by atoms with E-state index in [1.54, 1.807) is 12.1 Å². The third-order valence-corrected chi connectivity index (χ3v) is 4.98. The molecule has 1 aliphatic rings. The Hall–Kier alpha value is -2.86. The zero-order chi connectivity index (χ0) is 18.7. The van der Waals surface area contributed by atoms with E-state index in [-0.39, 0.29) is 5.56 Å². The molecule has 0 bridgehead atoms. The number of hydrogen-bond acceptors (Lipinski definition) is 4. The van der Waals surface area contributed by atoms with Gasteiger partial charge in [0.1, 0.15) is 16.7 Å². The second-order valence-corrected chi connectivity index (χ2v) is 6.55. The summed E-state index contributed by atoms with van der Waals surface area (Å²) in [4.78, 5) is 25.5. The van der Waals surface area contributed by atoms with Gasteiger partial charge in [-0.2, -0.15) is 0 Å². The number of likely N-dealkylation sites (tertiary alicyclic amines) is 1. The molecule has 0 radical (unpaired) electrons. The molecule has 2 aromatic carbocycles. The average Bonchev–Trinajstić information content (AvgIpc) is 3.07. The zero-order valence-electron chi connectivity index (χ0n) is 14.5. The lowest BCUT2D eigenvalue weighted by atomic mass is 9.80. The molecule has 0 aromatic heterocycles. The van der Waals surface area contributed by atoms with Crippen LogP contribution in [0.4, 0.5) is 0 Å². The summed E-state index contributed by atoms with van der Waals surface area (Å²) >= 11 is 0. The van der Waals surface area contributed by atoms with Gasteiger partial charge in [0.15, 0.2) is 0 Å². The van der Waals surface area contributed by atoms with Crippen LogP contribution < -0.4 is 4.74 Å². The van der Waals surface area contributed by atoms with Crippen molar-refractivity contribution in [1.82, 2.24) is 4.90 Å². The summed E-state index contributed by atoms with van der Waals surface area (Å²) in [5, 5.41) is 19.2. The van der Waals surface area contributed by atoms with Gasteiger partial charge >= 0.3 is 11.9 Å². The van der Waals surface area contributed by atoms with Crippen molar-refractivity contribution in [2.75, 3.05) is 20.2 Å².